The van der Waals surface area contributed by atoms with Gasteiger partial charge in [0.25, 0.3) is 0 Å². The van der Waals surface area contributed by atoms with Crippen molar-refractivity contribution in [1.82, 2.24) is 4.90 Å². The fourth-order valence-corrected chi connectivity index (χ4v) is 5.61. The first-order chi connectivity index (χ1) is 17.5. The Labute approximate surface area is 224 Å². The number of anilines is 1. The van der Waals surface area contributed by atoms with Gasteiger partial charge >= 0.3 is 5.97 Å². The van der Waals surface area contributed by atoms with Gasteiger partial charge in [0, 0.05) is 31.5 Å². The zero-order valence-electron chi connectivity index (χ0n) is 20.4. The molecule has 10 nitrogen and oxygen atoms in total. The van der Waals surface area contributed by atoms with E-state index in [0.717, 1.165) is 35.8 Å². The number of nitrogens with one attached hydrogen (secondary N) is 2. The standard InChI is InChI=1S/C25H30BrN5O5S/c1-17(27)30-12-9-21(10-13-30)36-23-8-7-20(15-22(23)26)31(37(34,35)16-24(32)33)11-3-5-18-4-2-6-19(14-18)25(28)29/h2-8,14-15,21,27H,9-13,16H2,1H3,(H3,28,29)(H,32,33)/b5-3+,27-17?. The van der Waals surface area contributed by atoms with Crippen molar-refractivity contribution in [2.75, 3.05) is 29.7 Å². The number of sulfonamides is 1. The normalized spacial score (nSPS) is 14.5. The van der Waals surface area contributed by atoms with E-state index in [1.807, 2.05) is 4.90 Å². The van der Waals surface area contributed by atoms with Crippen molar-refractivity contribution in [2.24, 2.45) is 5.73 Å². The number of halogens is 1. The Morgan fingerprint density at radius 2 is 1.95 bits per heavy atom. The molecule has 1 aliphatic heterocycles. The predicted octanol–water partition coefficient (Wildman–Crippen LogP) is 3.51. The predicted molar refractivity (Wildman–Crippen MR) is 148 cm³/mol. The van der Waals surface area contributed by atoms with Gasteiger partial charge in [-0.1, -0.05) is 30.4 Å². The fraction of sp³-hybridized carbons (Fsp3) is 0.320. The van der Waals surface area contributed by atoms with Crippen molar-refractivity contribution >= 4 is 55.4 Å². The van der Waals surface area contributed by atoms with Crippen molar-refractivity contribution in [3.63, 3.8) is 0 Å². The van der Waals surface area contributed by atoms with Crippen LogP contribution < -0.4 is 14.8 Å². The van der Waals surface area contributed by atoms with Crippen LogP contribution in [0.1, 0.15) is 30.9 Å². The molecule has 1 heterocycles. The summed E-state index contributed by atoms with van der Waals surface area (Å²) >= 11 is 3.46. The van der Waals surface area contributed by atoms with E-state index < -0.39 is 21.7 Å². The van der Waals surface area contributed by atoms with E-state index in [0.29, 0.717) is 21.6 Å². The van der Waals surface area contributed by atoms with Gasteiger partial charge in [-0.25, -0.2) is 8.42 Å². The molecular weight excluding hydrogens is 562 g/mol. The number of aliphatic carboxylic acids is 1. The number of likely N-dealkylation sites (tertiary alicyclic amines) is 1. The molecule has 0 atom stereocenters. The highest BCUT2D eigenvalue weighted by molar-refractivity contribution is 9.10. The van der Waals surface area contributed by atoms with Crippen LogP contribution in [0.5, 0.6) is 5.75 Å². The van der Waals surface area contributed by atoms with Gasteiger partial charge in [-0.15, -0.1) is 0 Å². The van der Waals surface area contributed by atoms with Crippen LogP contribution in [0.25, 0.3) is 6.08 Å². The van der Waals surface area contributed by atoms with Gasteiger partial charge in [0.15, 0.2) is 5.75 Å². The molecular formula is C25H30BrN5O5S. The number of hydrogen-bond donors (Lipinski definition) is 4. The molecule has 2 aromatic carbocycles. The van der Waals surface area contributed by atoms with Crippen LogP contribution in [-0.4, -0.2) is 67.6 Å². The summed E-state index contributed by atoms with van der Waals surface area (Å²) in [5.74, 6) is -1.49. The summed E-state index contributed by atoms with van der Waals surface area (Å²) in [6, 6.07) is 11.8. The molecule has 0 unspecified atom stereocenters. The largest absolute Gasteiger partial charge is 0.489 e. The van der Waals surface area contributed by atoms with Crippen LogP contribution in [0.3, 0.4) is 0 Å². The Kier molecular flexibility index (Phi) is 9.33. The summed E-state index contributed by atoms with van der Waals surface area (Å²) in [5.41, 5.74) is 7.08. The number of carboxylic acids is 1. The van der Waals surface area contributed by atoms with Crippen LogP contribution in [0.2, 0.25) is 0 Å². The molecule has 0 aromatic heterocycles. The Hall–Kier alpha value is -3.38. The number of nitrogen functional groups attached to an aromatic ring is 1. The van der Waals surface area contributed by atoms with Crippen molar-refractivity contribution in [2.45, 2.75) is 25.9 Å². The number of ether oxygens (including phenoxy) is 1. The first kappa shape index (κ1) is 28.2. The first-order valence-corrected chi connectivity index (χ1v) is 14.0. The number of carbonyl (C=O) groups is 1. The lowest BCUT2D eigenvalue weighted by molar-refractivity contribution is -0.134. The van der Waals surface area contributed by atoms with Gasteiger partial charge in [0.05, 0.1) is 22.5 Å². The van der Waals surface area contributed by atoms with Crippen molar-refractivity contribution in [1.29, 1.82) is 10.8 Å². The smallest absolute Gasteiger partial charge is 0.320 e. The molecule has 198 valence electrons. The summed E-state index contributed by atoms with van der Waals surface area (Å²) in [6.07, 6.45) is 4.79. The van der Waals surface area contributed by atoms with Crippen molar-refractivity contribution in [3.05, 3.63) is 64.1 Å². The zero-order chi connectivity index (χ0) is 27.2. The molecule has 0 bridgehead atoms. The third kappa shape index (κ3) is 7.80. The van der Waals surface area contributed by atoms with E-state index in [1.165, 1.54) is 0 Å². The minimum Gasteiger partial charge on any atom is -0.489 e. The molecule has 1 fully saturated rings. The molecule has 0 amide bonds. The molecule has 1 aliphatic rings. The Balaban J connectivity index is 1.80. The van der Waals surface area contributed by atoms with Crippen molar-refractivity contribution < 1.29 is 23.1 Å². The second-order valence-electron chi connectivity index (χ2n) is 8.63. The monoisotopic (exact) mass is 591 g/mol. The highest BCUT2D eigenvalue weighted by atomic mass is 79.9. The number of hydrogen-bond acceptors (Lipinski definition) is 6. The summed E-state index contributed by atoms with van der Waals surface area (Å²) in [5, 5.41) is 24.5. The minimum atomic E-state index is -4.18. The number of nitrogens with two attached hydrogens (primary N) is 1. The van der Waals surface area contributed by atoms with Gasteiger partial charge < -0.3 is 20.5 Å². The van der Waals surface area contributed by atoms with Gasteiger partial charge in [0.1, 0.15) is 17.7 Å². The molecule has 0 aliphatic carbocycles. The molecule has 12 heteroatoms. The lowest BCUT2D eigenvalue weighted by Gasteiger charge is -2.33. The summed E-state index contributed by atoms with van der Waals surface area (Å²) in [7, 11) is -4.18. The minimum absolute atomic E-state index is 0.0294. The summed E-state index contributed by atoms with van der Waals surface area (Å²) in [4.78, 5) is 13.2. The van der Waals surface area contributed by atoms with E-state index in [1.54, 1.807) is 61.5 Å². The third-order valence-corrected chi connectivity index (χ3v) is 8.10. The Bertz CT molecular complexity index is 1310. The molecule has 37 heavy (non-hydrogen) atoms. The Morgan fingerprint density at radius 1 is 1.24 bits per heavy atom. The second-order valence-corrected chi connectivity index (χ2v) is 11.4. The van der Waals surface area contributed by atoms with E-state index in [4.69, 9.17) is 26.4 Å². The highest BCUT2D eigenvalue weighted by Gasteiger charge is 2.26. The summed E-state index contributed by atoms with van der Waals surface area (Å²) < 4.78 is 33.5. The van der Waals surface area contributed by atoms with Crippen LogP contribution >= 0.6 is 15.9 Å². The maximum atomic E-state index is 12.9. The molecule has 5 N–H and O–H groups in total. The molecule has 0 saturated carbocycles. The highest BCUT2D eigenvalue weighted by Crippen LogP contribution is 2.33. The number of nitrogens with zero attached hydrogens (tertiary/aromatic N) is 2. The fourth-order valence-electron chi connectivity index (χ4n) is 3.94. The topological polar surface area (TPSA) is 161 Å². The molecule has 0 radical (unpaired) electrons. The van der Waals surface area contributed by atoms with E-state index in [9.17, 15) is 13.2 Å². The lowest BCUT2D eigenvalue weighted by Crippen LogP contribution is -2.40. The van der Waals surface area contributed by atoms with E-state index >= 15 is 0 Å². The SMILES string of the molecule is CC(=N)N1CCC(Oc2ccc(N(C/C=C/c3cccc(C(=N)N)c3)S(=O)(=O)CC(=O)O)cc2Br)CC1. The first-order valence-electron chi connectivity index (χ1n) is 11.6. The zero-order valence-corrected chi connectivity index (χ0v) is 22.8. The number of benzene rings is 2. The molecule has 0 spiro atoms. The Morgan fingerprint density at radius 3 is 2.54 bits per heavy atom. The lowest BCUT2D eigenvalue weighted by atomic mass is 10.1. The van der Waals surface area contributed by atoms with E-state index in [-0.39, 0.29) is 24.2 Å². The number of piperidine rings is 1. The molecule has 2 aromatic rings. The quantitative estimate of drug-likeness (QED) is 0.243. The van der Waals surface area contributed by atoms with Crippen LogP contribution in [0.4, 0.5) is 5.69 Å². The van der Waals surface area contributed by atoms with Crippen LogP contribution in [0, 0.1) is 10.8 Å². The van der Waals surface area contributed by atoms with Crippen LogP contribution in [-0.2, 0) is 14.8 Å². The molecule has 3 rings (SSSR count). The summed E-state index contributed by atoms with van der Waals surface area (Å²) in [6.45, 7) is 3.13. The average Bonchev–Trinajstić information content (AvgIpc) is 2.83. The van der Waals surface area contributed by atoms with Crippen molar-refractivity contribution in [3.8, 4) is 5.75 Å². The molecule has 1 saturated heterocycles. The maximum absolute atomic E-state index is 12.9. The number of rotatable bonds is 10. The van der Waals surface area contributed by atoms with Crippen LogP contribution in [0.15, 0.2) is 53.0 Å². The van der Waals surface area contributed by atoms with Gasteiger partial charge in [-0.2, -0.15) is 0 Å². The van der Waals surface area contributed by atoms with Gasteiger partial charge in [-0.3, -0.25) is 19.9 Å². The number of amidine groups is 2. The number of carboxylic acid groups (broad SMARTS) is 1. The second kappa shape index (κ2) is 12.2. The van der Waals surface area contributed by atoms with E-state index in [2.05, 4.69) is 15.9 Å². The maximum Gasteiger partial charge on any atom is 0.320 e. The average molecular weight is 593 g/mol. The third-order valence-electron chi connectivity index (χ3n) is 5.83. The van der Waals surface area contributed by atoms with Gasteiger partial charge in [-0.05, 0) is 52.7 Å². The van der Waals surface area contributed by atoms with Gasteiger partial charge in [0.2, 0.25) is 10.0 Å².